The van der Waals surface area contributed by atoms with Gasteiger partial charge in [0, 0.05) is 26.3 Å². The Hall–Kier alpha value is -2.67. The lowest BCUT2D eigenvalue weighted by Gasteiger charge is -2.33. The number of halogens is 1. The Kier molecular flexibility index (Phi) is 5.64. The average molecular weight is 443 g/mol. The smallest absolute Gasteiger partial charge is 0.211 e. The normalized spacial score (nSPS) is 17.3. The molecule has 5 nitrogen and oxygen atoms in total. The molecule has 1 unspecified atom stereocenters. The fourth-order valence-corrected chi connectivity index (χ4v) is 5.73. The number of nitrogens with zero attached hydrogens (tertiary/aromatic N) is 2. The lowest BCUT2D eigenvalue weighted by Crippen LogP contribution is -2.35. The molecule has 31 heavy (non-hydrogen) atoms. The van der Waals surface area contributed by atoms with Crippen molar-refractivity contribution in [3.05, 3.63) is 64.2 Å². The van der Waals surface area contributed by atoms with Crippen molar-refractivity contribution in [2.24, 2.45) is 13.0 Å². The molecular formula is C24H27FN2O3S. The van der Waals surface area contributed by atoms with Crippen LogP contribution in [0.1, 0.15) is 32.3 Å². The minimum absolute atomic E-state index is 0.0561. The van der Waals surface area contributed by atoms with Crippen LogP contribution in [0, 0.1) is 11.7 Å². The molecule has 0 spiro atoms. The fraction of sp³-hybridized carbons (Fsp3) is 0.375. The lowest BCUT2D eigenvalue weighted by atomic mass is 9.99. The summed E-state index contributed by atoms with van der Waals surface area (Å²) < 4.78 is 43.0. The molecule has 1 aliphatic heterocycles. The number of piperidine rings is 1. The van der Waals surface area contributed by atoms with Crippen molar-refractivity contribution in [1.82, 2.24) is 4.57 Å². The molecule has 0 saturated carbocycles. The largest absolute Gasteiger partial charge is 0.369 e. The number of hydrogen-bond donors (Lipinski definition) is 0. The van der Waals surface area contributed by atoms with Crippen LogP contribution in [0.15, 0.2) is 57.2 Å². The molecule has 3 aromatic rings. The summed E-state index contributed by atoms with van der Waals surface area (Å²) in [4.78, 5) is 14.9. The van der Waals surface area contributed by atoms with Crippen LogP contribution < -0.4 is 10.3 Å². The van der Waals surface area contributed by atoms with Crippen LogP contribution in [-0.2, 0) is 23.3 Å². The highest BCUT2D eigenvalue weighted by molar-refractivity contribution is 7.91. The molecule has 1 saturated heterocycles. The van der Waals surface area contributed by atoms with Gasteiger partial charge in [-0.2, -0.15) is 0 Å². The Labute approximate surface area is 182 Å². The molecule has 2 heterocycles. The van der Waals surface area contributed by atoms with Gasteiger partial charge in [-0.1, -0.05) is 26.0 Å². The maximum Gasteiger partial charge on any atom is 0.211 e. The highest BCUT2D eigenvalue weighted by atomic mass is 32.2. The van der Waals surface area contributed by atoms with E-state index in [2.05, 4.69) is 6.92 Å². The first kappa shape index (κ1) is 21.6. The van der Waals surface area contributed by atoms with Crippen LogP contribution in [0.3, 0.4) is 0 Å². The number of hydrogen-bond acceptors (Lipinski definition) is 4. The van der Waals surface area contributed by atoms with Gasteiger partial charge < -0.3 is 9.47 Å². The van der Waals surface area contributed by atoms with Crippen LogP contribution in [0.2, 0.25) is 0 Å². The van der Waals surface area contributed by atoms with Crippen molar-refractivity contribution in [2.45, 2.75) is 42.9 Å². The van der Waals surface area contributed by atoms with Crippen molar-refractivity contribution in [3.63, 3.8) is 0 Å². The molecule has 0 aliphatic carbocycles. The van der Waals surface area contributed by atoms with Crippen molar-refractivity contribution in [3.8, 4) is 0 Å². The predicted octanol–water partition coefficient (Wildman–Crippen LogP) is 4.31. The Bertz CT molecular complexity index is 1300. The number of sulfone groups is 1. The second-order valence-electron chi connectivity index (χ2n) is 8.45. The van der Waals surface area contributed by atoms with Gasteiger partial charge in [0.15, 0.2) is 0 Å². The Morgan fingerprint density at radius 3 is 2.52 bits per heavy atom. The SMILES string of the molecule is CCc1ccc(S(=O)(=O)c2cn(C)c3cc(N4CCCC(C)C4)c(F)cc3c2=O)cc1. The molecule has 0 radical (unpaired) electrons. The van der Waals surface area contributed by atoms with Crippen molar-refractivity contribution < 1.29 is 12.8 Å². The van der Waals surface area contributed by atoms with Crippen LogP contribution >= 0.6 is 0 Å². The quantitative estimate of drug-likeness (QED) is 0.604. The van der Waals surface area contributed by atoms with E-state index in [4.69, 9.17) is 0 Å². The van der Waals surface area contributed by atoms with Crippen LogP contribution in [0.4, 0.5) is 10.1 Å². The zero-order chi connectivity index (χ0) is 22.3. The summed E-state index contributed by atoms with van der Waals surface area (Å²) in [5, 5.41) is 0.0695. The highest BCUT2D eigenvalue weighted by Crippen LogP contribution is 2.30. The molecule has 0 amide bonds. The number of anilines is 1. The number of pyridine rings is 1. The van der Waals surface area contributed by atoms with Crippen molar-refractivity contribution in [2.75, 3.05) is 18.0 Å². The third-order valence-electron chi connectivity index (χ3n) is 6.15. The van der Waals surface area contributed by atoms with Gasteiger partial charge in [0.1, 0.15) is 10.7 Å². The molecule has 1 atom stereocenters. The van der Waals surface area contributed by atoms with Crippen molar-refractivity contribution >= 4 is 26.4 Å². The predicted molar refractivity (Wildman–Crippen MR) is 121 cm³/mol. The number of aryl methyl sites for hydroxylation is 2. The third-order valence-corrected chi connectivity index (χ3v) is 7.92. The molecule has 1 aromatic heterocycles. The lowest BCUT2D eigenvalue weighted by molar-refractivity contribution is 0.442. The summed E-state index contributed by atoms with van der Waals surface area (Å²) in [5.74, 6) is -0.0279. The standard InChI is InChI=1S/C24H27FN2O3S/c1-4-17-7-9-18(10-8-17)31(29,30)23-15-26(3)21-13-22(20(25)12-19(21)24(23)28)27-11-5-6-16(2)14-27/h7-10,12-13,15-16H,4-6,11,14H2,1-3H3. The number of benzene rings is 2. The Balaban J connectivity index is 1.85. The molecular weight excluding hydrogens is 415 g/mol. The molecule has 0 N–H and O–H groups in total. The van der Waals surface area contributed by atoms with Crippen molar-refractivity contribution in [1.29, 1.82) is 0 Å². The van der Waals surface area contributed by atoms with E-state index in [0.717, 1.165) is 37.9 Å². The van der Waals surface area contributed by atoms with E-state index in [1.807, 2.05) is 11.8 Å². The minimum atomic E-state index is -4.03. The van der Waals surface area contributed by atoms with E-state index < -0.39 is 21.1 Å². The summed E-state index contributed by atoms with van der Waals surface area (Å²) >= 11 is 0. The highest BCUT2D eigenvalue weighted by Gasteiger charge is 2.25. The van der Waals surface area contributed by atoms with Crippen LogP contribution in [0.25, 0.3) is 10.9 Å². The van der Waals surface area contributed by atoms with E-state index in [9.17, 15) is 13.2 Å². The van der Waals surface area contributed by atoms with Gasteiger partial charge in [-0.05, 0) is 55.0 Å². The topological polar surface area (TPSA) is 59.4 Å². The second kappa shape index (κ2) is 8.11. The Morgan fingerprint density at radius 1 is 1.16 bits per heavy atom. The summed E-state index contributed by atoms with van der Waals surface area (Å²) in [6.07, 6.45) is 4.24. The number of rotatable bonds is 4. The number of fused-ring (bicyclic) bond motifs is 1. The third kappa shape index (κ3) is 3.87. The van der Waals surface area contributed by atoms with E-state index in [1.165, 1.54) is 24.4 Å². The molecule has 2 aromatic carbocycles. The van der Waals surface area contributed by atoms with Gasteiger partial charge in [0.25, 0.3) is 0 Å². The number of aromatic nitrogens is 1. The van der Waals surface area contributed by atoms with E-state index in [0.29, 0.717) is 17.1 Å². The zero-order valence-electron chi connectivity index (χ0n) is 18.1. The minimum Gasteiger partial charge on any atom is -0.369 e. The maximum atomic E-state index is 15.0. The van der Waals surface area contributed by atoms with Gasteiger partial charge in [0.05, 0.1) is 21.5 Å². The summed E-state index contributed by atoms with van der Waals surface area (Å²) in [5.41, 5.74) is 1.30. The van der Waals surface area contributed by atoms with Crippen LogP contribution in [0.5, 0.6) is 0 Å². The first-order valence-corrected chi connectivity index (χ1v) is 12.1. The van der Waals surface area contributed by atoms with Crippen LogP contribution in [-0.4, -0.2) is 26.1 Å². The zero-order valence-corrected chi connectivity index (χ0v) is 18.9. The monoisotopic (exact) mass is 442 g/mol. The molecule has 0 bridgehead atoms. The van der Waals surface area contributed by atoms with Gasteiger partial charge in [-0.25, -0.2) is 12.8 Å². The molecule has 1 aliphatic rings. The summed E-state index contributed by atoms with van der Waals surface area (Å²) in [6.45, 7) is 5.65. The van der Waals surface area contributed by atoms with Gasteiger partial charge >= 0.3 is 0 Å². The summed E-state index contributed by atoms with van der Waals surface area (Å²) in [7, 11) is -2.34. The van der Waals surface area contributed by atoms with Gasteiger partial charge in [-0.3, -0.25) is 4.79 Å². The molecule has 7 heteroatoms. The average Bonchev–Trinajstić information content (AvgIpc) is 2.75. The molecule has 1 fully saturated rings. The first-order chi connectivity index (χ1) is 14.7. The Morgan fingerprint density at radius 2 is 1.87 bits per heavy atom. The summed E-state index contributed by atoms with van der Waals surface area (Å²) in [6, 6.07) is 9.36. The first-order valence-electron chi connectivity index (χ1n) is 10.6. The van der Waals surface area contributed by atoms with E-state index in [-0.39, 0.29) is 15.2 Å². The molecule has 164 valence electrons. The van der Waals surface area contributed by atoms with Gasteiger partial charge in [-0.15, -0.1) is 0 Å². The van der Waals surface area contributed by atoms with E-state index in [1.54, 1.807) is 29.8 Å². The van der Waals surface area contributed by atoms with E-state index >= 15 is 4.39 Å². The molecule has 4 rings (SSSR count). The second-order valence-corrected chi connectivity index (χ2v) is 10.4. The maximum absolute atomic E-state index is 15.0. The van der Waals surface area contributed by atoms with Gasteiger partial charge in [0.2, 0.25) is 15.3 Å². The fourth-order valence-electron chi connectivity index (χ4n) is 4.33.